The fourth-order valence-electron chi connectivity index (χ4n) is 2.16. The Balaban J connectivity index is 0.00000220. The van der Waals surface area contributed by atoms with Crippen molar-refractivity contribution in [3.8, 4) is 0 Å². The summed E-state index contributed by atoms with van der Waals surface area (Å²) in [6, 6.07) is 1.50. The lowest BCUT2D eigenvalue weighted by atomic mass is 10.1. The van der Waals surface area contributed by atoms with Gasteiger partial charge in [0.2, 0.25) is 11.8 Å². The van der Waals surface area contributed by atoms with Gasteiger partial charge in [0, 0.05) is 18.0 Å². The van der Waals surface area contributed by atoms with Crippen LogP contribution >= 0.6 is 23.7 Å². The Kier molecular flexibility index (Phi) is 6.64. The molecule has 1 atom stereocenters. The van der Waals surface area contributed by atoms with Crippen LogP contribution in [0.1, 0.15) is 24.3 Å². The van der Waals surface area contributed by atoms with Gasteiger partial charge in [-0.1, -0.05) is 13.8 Å². The first-order valence-electron chi connectivity index (χ1n) is 6.85. The van der Waals surface area contributed by atoms with Crippen molar-refractivity contribution >= 4 is 35.6 Å². The Hall–Kier alpha value is -1.11. The van der Waals surface area contributed by atoms with Gasteiger partial charge in [0.1, 0.15) is 0 Å². The summed E-state index contributed by atoms with van der Waals surface area (Å²) in [5.41, 5.74) is 6.96. The van der Waals surface area contributed by atoms with Gasteiger partial charge >= 0.3 is 0 Å². The van der Waals surface area contributed by atoms with E-state index >= 15 is 0 Å². The van der Waals surface area contributed by atoms with Crippen LogP contribution in [0, 0.1) is 5.92 Å². The first-order chi connectivity index (χ1) is 9.49. The Bertz CT molecular complexity index is 504. The number of nitrogens with zero attached hydrogens (tertiary/aromatic N) is 1. The zero-order chi connectivity index (χ0) is 14.7. The normalized spacial score (nSPS) is 15.1. The van der Waals surface area contributed by atoms with E-state index in [9.17, 15) is 9.59 Å². The highest BCUT2D eigenvalue weighted by molar-refractivity contribution is 7.10. The molecular weight excluding hydrogens is 310 g/mol. The highest BCUT2D eigenvalue weighted by atomic mass is 35.5. The van der Waals surface area contributed by atoms with Crippen molar-refractivity contribution < 1.29 is 9.59 Å². The average Bonchev–Trinajstić information content (AvgIpc) is 2.90. The fraction of sp³-hybridized carbons (Fsp3) is 0.571. The molecular formula is C14H22ClN3O2S. The number of carbonyl (C=O) groups excluding carboxylic acids is 2. The number of carbonyl (C=O) groups is 2. The van der Waals surface area contributed by atoms with Crippen molar-refractivity contribution in [2.45, 2.75) is 32.9 Å². The molecule has 0 saturated heterocycles. The van der Waals surface area contributed by atoms with Crippen LogP contribution in [-0.2, 0) is 22.6 Å². The lowest BCUT2D eigenvalue weighted by Crippen LogP contribution is -2.48. The number of fused-ring (bicyclic) bond motifs is 1. The van der Waals surface area contributed by atoms with E-state index in [1.54, 1.807) is 16.2 Å². The minimum Gasteiger partial charge on any atom is -0.346 e. The molecule has 2 heterocycles. The van der Waals surface area contributed by atoms with Gasteiger partial charge in [0.05, 0.1) is 12.6 Å². The van der Waals surface area contributed by atoms with Crippen molar-refractivity contribution in [2.24, 2.45) is 11.7 Å². The molecule has 0 spiro atoms. The highest BCUT2D eigenvalue weighted by Gasteiger charge is 2.23. The third-order valence-electron chi connectivity index (χ3n) is 3.60. The van der Waals surface area contributed by atoms with E-state index in [1.165, 1.54) is 10.4 Å². The van der Waals surface area contributed by atoms with Crippen LogP contribution in [0.4, 0.5) is 0 Å². The highest BCUT2D eigenvalue weighted by Crippen LogP contribution is 2.23. The predicted molar refractivity (Wildman–Crippen MR) is 86.5 cm³/mol. The number of halogens is 1. The topological polar surface area (TPSA) is 75.4 Å². The Morgan fingerprint density at radius 2 is 2.19 bits per heavy atom. The molecule has 0 fully saturated rings. The van der Waals surface area contributed by atoms with Gasteiger partial charge in [-0.15, -0.1) is 23.7 Å². The molecule has 0 bridgehead atoms. The third kappa shape index (κ3) is 4.43. The number of nitrogens with one attached hydrogen (secondary N) is 1. The molecule has 1 aromatic heterocycles. The van der Waals surface area contributed by atoms with Gasteiger partial charge < -0.3 is 16.0 Å². The minimum atomic E-state index is -0.562. The maximum atomic E-state index is 12.1. The van der Waals surface area contributed by atoms with E-state index in [0.29, 0.717) is 6.54 Å². The van der Waals surface area contributed by atoms with Crippen LogP contribution in [0.2, 0.25) is 0 Å². The molecule has 0 radical (unpaired) electrons. The number of hydrogen-bond donors (Lipinski definition) is 2. The van der Waals surface area contributed by atoms with E-state index < -0.39 is 6.04 Å². The van der Waals surface area contributed by atoms with E-state index in [4.69, 9.17) is 5.73 Å². The largest absolute Gasteiger partial charge is 0.346 e. The van der Waals surface area contributed by atoms with E-state index in [1.807, 2.05) is 13.8 Å². The van der Waals surface area contributed by atoms with Gasteiger partial charge in [-0.25, -0.2) is 0 Å². The fourth-order valence-corrected chi connectivity index (χ4v) is 3.05. The number of hydrogen-bond acceptors (Lipinski definition) is 4. The summed E-state index contributed by atoms with van der Waals surface area (Å²) in [4.78, 5) is 27.0. The standard InChI is InChI=1S/C14H21N3O2S.ClH/c1-9(2)13(15)14(19)16-7-12(18)17-5-3-11-10(8-17)4-6-20-11;/h4,6,9,13H,3,5,7-8,15H2,1-2H3,(H,16,19);1H/t13-;/m0./s1. The van der Waals surface area contributed by atoms with Crippen molar-refractivity contribution in [3.63, 3.8) is 0 Å². The molecule has 0 aromatic carbocycles. The molecule has 3 N–H and O–H groups in total. The molecule has 5 nitrogen and oxygen atoms in total. The predicted octanol–water partition coefficient (Wildman–Crippen LogP) is 1.15. The minimum absolute atomic E-state index is 0. The zero-order valence-corrected chi connectivity index (χ0v) is 13.9. The van der Waals surface area contributed by atoms with Crippen LogP contribution in [-0.4, -0.2) is 35.8 Å². The van der Waals surface area contributed by atoms with Crippen molar-refractivity contribution in [1.29, 1.82) is 0 Å². The second-order valence-electron chi connectivity index (χ2n) is 5.42. The molecule has 1 aromatic rings. The lowest BCUT2D eigenvalue weighted by molar-refractivity contribution is -0.134. The number of nitrogens with two attached hydrogens (primary N) is 1. The molecule has 7 heteroatoms. The molecule has 118 valence electrons. The Morgan fingerprint density at radius 1 is 1.48 bits per heavy atom. The van der Waals surface area contributed by atoms with Crippen LogP contribution < -0.4 is 11.1 Å². The molecule has 1 aliphatic rings. The maximum Gasteiger partial charge on any atom is 0.242 e. The molecule has 0 unspecified atom stereocenters. The van der Waals surface area contributed by atoms with E-state index in [0.717, 1.165) is 13.0 Å². The number of thiophene rings is 1. The Morgan fingerprint density at radius 3 is 2.86 bits per heavy atom. The van der Waals surface area contributed by atoms with Crippen LogP contribution in [0.5, 0.6) is 0 Å². The van der Waals surface area contributed by atoms with Crippen molar-refractivity contribution in [3.05, 3.63) is 21.9 Å². The summed E-state index contributed by atoms with van der Waals surface area (Å²) in [6.45, 7) is 5.16. The summed E-state index contributed by atoms with van der Waals surface area (Å²) < 4.78 is 0. The van der Waals surface area contributed by atoms with Crippen molar-refractivity contribution in [2.75, 3.05) is 13.1 Å². The van der Waals surface area contributed by atoms with Crippen LogP contribution in [0.25, 0.3) is 0 Å². The molecule has 2 rings (SSSR count). The number of rotatable bonds is 4. The van der Waals surface area contributed by atoms with Gasteiger partial charge in [0.25, 0.3) is 0 Å². The van der Waals surface area contributed by atoms with Gasteiger partial charge in [-0.05, 0) is 29.3 Å². The summed E-state index contributed by atoms with van der Waals surface area (Å²) in [7, 11) is 0. The zero-order valence-electron chi connectivity index (χ0n) is 12.3. The first kappa shape index (κ1) is 17.9. The second-order valence-corrected chi connectivity index (χ2v) is 6.42. The summed E-state index contributed by atoms with van der Waals surface area (Å²) in [5, 5.41) is 4.68. The second kappa shape index (κ2) is 7.77. The molecule has 1 aliphatic heterocycles. The monoisotopic (exact) mass is 331 g/mol. The van der Waals surface area contributed by atoms with Crippen LogP contribution in [0.15, 0.2) is 11.4 Å². The average molecular weight is 332 g/mol. The lowest BCUT2D eigenvalue weighted by Gasteiger charge is -2.27. The van der Waals surface area contributed by atoms with E-state index in [-0.39, 0.29) is 36.7 Å². The van der Waals surface area contributed by atoms with Crippen molar-refractivity contribution in [1.82, 2.24) is 10.2 Å². The molecule has 21 heavy (non-hydrogen) atoms. The van der Waals surface area contributed by atoms with Gasteiger partial charge in [-0.2, -0.15) is 0 Å². The first-order valence-corrected chi connectivity index (χ1v) is 7.73. The summed E-state index contributed by atoms with van der Waals surface area (Å²) >= 11 is 1.74. The number of amides is 2. The van der Waals surface area contributed by atoms with E-state index in [2.05, 4.69) is 16.8 Å². The Labute approximate surface area is 135 Å². The third-order valence-corrected chi connectivity index (χ3v) is 4.62. The van der Waals surface area contributed by atoms with Gasteiger partial charge in [-0.3, -0.25) is 9.59 Å². The summed E-state index contributed by atoms with van der Waals surface area (Å²) in [5.74, 6) is -0.249. The maximum absolute atomic E-state index is 12.1. The van der Waals surface area contributed by atoms with Crippen LogP contribution in [0.3, 0.4) is 0 Å². The smallest absolute Gasteiger partial charge is 0.242 e. The molecule has 0 saturated carbocycles. The quantitative estimate of drug-likeness (QED) is 0.869. The molecule has 2 amide bonds. The SMILES string of the molecule is CC(C)[C@H](N)C(=O)NCC(=O)N1CCc2sccc2C1.Cl. The van der Waals surface area contributed by atoms with Gasteiger partial charge in [0.15, 0.2) is 0 Å². The summed E-state index contributed by atoms with van der Waals surface area (Å²) in [6.07, 6.45) is 0.901. The molecule has 0 aliphatic carbocycles.